The van der Waals surface area contributed by atoms with E-state index in [1.807, 2.05) is 22.7 Å². The zero-order valence-corrected chi connectivity index (χ0v) is 30.9. The van der Waals surface area contributed by atoms with Gasteiger partial charge in [0.2, 0.25) is 5.95 Å². The van der Waals surface area contributed by atoms with Crippen molar-refractivity contribution in [2.75, 3.05) is 0 Å². The molecule has 0 aliphatic heterocycles. The van der Waals surface area contributed by atoms with E-state index in [-0.39, 0.29) is 0 Å². The molecule has 9 aromatic carbocycles. The van der Waals surface area contributed by atoms with Crippen LogP contribution in [0.25, 0.3) is 123 Å². The Morgan fingerprint density at radius 2 is 1.00 bits per heavy atom. The summed E-state index contributed by atoms with van der Waals surface area (Å²) in [5, 5.41) is 16.1. The molecular formula is C50H27N3S2. The largest absolute Gasteiger partial charge is 0.276 e. The van der Waals surface area contributed by atoms with Gasteiger partial charge in [-0.2, -0.15) is 0 Å². The summed E-state index contributed by atoms with van der Waals surface area (Å²) in [5.41, 5.74) is 5.30. The molecule has 0 saturated heterocycles. The van der Waals surface area contributed by atoms with Gasteiger partial charge in [0.25, 0.3) is 0 Å². The van der Waals surface area contributed by atoms with Crippen LogP contribution in [0.4, 0.5) is 0 Å². The lowest BCUT2D eigenvalue weighted by Gasteiger charge is -2.14. The Balaban J connectivity index is 1.23. The molecule has 0 N–H and O–H groups in total. The van der Waals surface area contributed by atoms with Crippen LogP contribution in [0.5, 0.6) is 0 Å². The third-order valence-corrected chi connectivity index (χ3v) is 13.9. The Labute approximate surface area is 322 Å². The Morgan fingerprint density at radius 1 is 0.364 bits per heavy atom. The summed E-state index contributed by atoms with van der Waals surface area (Å²) in [5.74, 6) is 0.683. The summed E-state index contributed by atoms with van der Waals surface area (Å²) in [6.07, 6.45) is 0. The molecule has 4 aromatic heterocycles. The van der Waals surface area contributed by atoms with Crippen LogP contribution in [0.15, 0.2) is 164 Å². The summed E-state index contributed by atoms with van der Waals surface area (Å²) in [4.78, 5) is 11.2. The van der Waals surface area contributed by atoms with Gasteiger partial charge in [-0.3, -0.25) is 4.57 Å². The number of nitrogens with zero attached hydrogens (tertiary/aromatic N) is 3. The highest BCUT2D eigenvalue weighted by atomic mass is 32.1. The number of rotatable bonds is 2. The Morgan fingerprint density at radius 3 is 1.85 bits per heavy atom. The normalized spacial score (nSPS) is 12.4. The lowest BCUT2D eigenvalue weighted by molar-refractivity contribution is 1.02. The van der Waals surface area contributed by atoms with E-state index in [2.05, 4.69) is 168 Å². The Bertz CT molecular complexity index is 3790. The molecule has 0 bridgehead atoms. The smallest absolute Gasteiger partial charge is 0.235 e. The Kier molecular flexibility index (Phi) is 5.93. The number of fused-ring (bicyclic) bond motifs is 18. The van der Waals surface area contributed by atoms with Gasteiger partial charge in [0.1, 0.15) is 0 Å². The van der Waals surface area contributed by atoms with Crippen molar-refractivity contribution >= 4 is 128 Å². The summed E-state index contributed by atoms with van der Waals surface area (Å²) >= 11 is 3.73. The molecule has 13 rings (SSSR count). The maximum absolute atomic E-state index is 5.71. The van der Waals surface area contributed by atoms with Gasteiger partial charge in [0.05, 0.1) is 26.9 Å². The maximum atomic E-state index is 5.71. The topological polar surface area (TPSA) is 30.7 Å². The molecule has 0 aliphatic carbocycles. The van der Waals surface area contributed by atoms with E-state index in [4.69, 9.17) is 9.97 Å². The van der Waals surface area contributed by atoms with Gasteiger partial charge in [-0.05, 0) is 45.1 Å². The molecule has 55 heavy (non-hydrogen) atoms. The predicted molar refractivity (Wildman–Crippen MR) is 238 cm³/mol. The number of aromatic nitrogens is 3. The number of para-hydroxylation sites is 1. The fourth-order valence-corrected chi connectivity index (χ4v) is 11.8. The molecule has 5 heteroatoms. The fourth-order valence-electron chi connectivity index (χ4n) is 9.26. The number of hydrogen-bond donors (Lipinski definition) is 0. The molecule has 0 fully saturated rings. The van der Waals surface area contributed by atoms with E-state index >= 15 is 0 Å². The van der Waals surface area contributed by atoms with Crippen LogP contribution in [0.1, 0.15) is 0 Å². The number of benzene rings is 9. The van der Waals surface area contributed by atoms with Crippen LogP contribution in [0.2, 0.25) is 0 Å². The second-order valence-electron chi connectivity index (χ2n) is 14.4. The number of thiophene rings is 2. The van der Waals surface area contributed by atoms with Crippen molar-refractivity contribution in [2.24, 2.45) is 0 Å². The molecular weight excluding hydrogens is 707 g/mol. The van der Waals surface area contributed by atoms with Crippen LogP contribution in [0, 0.1) is 0 Å². The van der Waals surface area contributed by atoms with Crippen LogP contribution < -0.4 is 0 Å². The van der Waals surface area contributed by atoms with Gasteiger partial charge in [-0.15, -0.1) is 22.7 Å². The monoisotopic (exact) mass is 733 g/mol. The minimum atomic E-state index is 0.683. The van der Waals surface area contributed by atoms with Crippen LogP contribution >= 0.6 is 22.7 Å². The molecule has 254 valence electrons. The first-order valence-electron chi connectivity index (χ1n) is 18.6. The zero-order chi connectivity index (χ0) is 35.8. The summed E-state index contributed by atoms with van der Waals surface area (Å²) < 4.78 is 7.46. The molecule has 0 aliphatic rings. The zero-order valence-electron chi connectivity index (χ0n) is 29.2. The standard InChI is InChI=1S/C50H27N3S2/c1-3-14-30-28(12-1)25-27-41-42(30)37-20-11-21-38(48(37)55-41)45-34-18-7-9-22-39(34)51-50(52-45)53-46-31-15-4-2-13-29(31)24-26-36(46)43-32-16-5-6-17-33(32)44-35-19-8-10-23-40(35)54-49(44)47(43)53/h1-27H. The second kappa shape index (κ2) is 11.0. The SMILES string of the molecule is c1ccc2c(c1)ccc1sc3c(-c4nc(-n5c6c7ccccc7ccc6c6c7ccccc7c7c8ccccc8sc7c65)nc5ccccc45)cccc3c12. The van der Waals surface area contributed by atoms with Crippen LogP contribution in [-0.4, -0.2) is 14.5 Å². The first-order chi connectivity index (χ1) is 27.3. The van der Waals surface area contributed by atoms with Gasteiger partial charge in [-0.1, -0.05) is 146 Å². The lowest BCUT2D eigenvalue weighted by atomic mass is 9.98. The maximum Gasteiger partial charge on any atom is 0.235 e. The highest BCUT2D eigenvalue weighted by Crippen LogP contribution is 2.49. The van der Waals surface area contributed by atoms with Crippen molar-refractivity contribution in [3.05, 3.63) is 164 Å². The third-order valence-electron chi connectivity index (χ3n) is 11.6. The fraction of sp³-hybridized carbons (Fsp3) is 0. The van der Waals surface area contributed by atoms with Gasteiger partial charge in [-0.25, -0.2) is 9.97 Å². The second-order valence-corrected chi connectivity index (χ2v) is 16.5. The van der Waals surface area contributed by atoms with Crippen molar-refractivity contribution in [2.45, 2.75) is 0 Å². The van der Waals surface area contributed by atoms with E-state index in [0.29, 0.717) is 5.95 Å². The van der Waals surface area contributed by atoms with E-state index in [1.165, 1.54) is 83.4 Å². The molecule has 0 atom stereocenters. The molecule has 0 saturated carbocycles. The van der Waals surface area contributed by atoms with E-state index < -0.39 is 0 Å². The van der Waals surface area contributed by atoms with Crippen molar-refractivity contribution < 1.29 is 0 Å². The van der Waals surface area contributed by atoms with Gasteiger partial charge in [0, 0.05) is 62.8 Å². The van der Waals surface area contributed by atoms with E-state index in [0.717, 1.165) is 33.2 Å². The molecule has 0 spiro atoms. The van der Waals surface area contributed by atoms with Gasteiger partial charge >= 0.3 is 0 Å². The molecule has 0 amide bonds. The van der Waals surface area contributed by atoms with Crippen molar-refractivity contribution in [3.63, 3.8) is 0 Å². The summed E-state index contributed by atoms with van der Waals surface area (Å²) in [7, 11) is 0. The molecule has 0 radical (unpaired) electrons. The highest BCUT2D eigenvalue weighted by molar-refractivity contribution is 7.27. The van der Waals surface area contributed by atoms with Crippen LogP contribution in [-0.2, 0) is 0 Å². The van der Waals surface area contributed by atoms with Gasteiger partial charge < -0.3 is 0 Å². The van der Waals surface area contributed by atoms with Crippen molar-refractivity contribution in [1.82, 2.24) is 14.5 Å². The first kappa shape index (κ1) is 29.8. The van der Waals surface area contributed by atoms with Gasteiger partial charge in [0.15, 0.2) is 0 Å². The summed E-state index contributed by atoms with van der Waals surface area (Å²) in [6.45, 7) is 0. The summed E-state index contributed by atoms with van der Waals surface area (Å²) in [6, 6.07) is 59.6. The highest BCUT2D eigenvalue weighted by Gasteiger charge is 2.25. The molecule has 0 unspecified atom stereocenters. The lowest BCUT2D eigenvalue weighted by Crippen LogP contribution is -2.04. The minimum Gasteiger partial charge on any atom is -0.276 e. The average Bonchev–Trinajstić information content (AvgIpc) is 3.94. The van der Waals surface area contributed by atoms with Crippen molar-refractivity contribution in [3.8, 4) is 17.2 Å². The first-order valence-corrected chi connectivity index (χ1v) is 20.2. The minimum absolute atomic E-state index is 0.683. The predicted octanol–water partition coefficient (Wildman–Crippen LogP) is 14.6. The Hall–Kier alpha value is -6.66. The van der Waals surface area contributed by atoms with Crippen LogP contribution in [0.3, 0.4) is 0 Å². The molecule has 13 aromatic rings. The molecule has 4 heterocycles. The molecule has 3 nitrogen and oxygen atoms in total. The quantitative estimate of drug-likeness (QED) is 0.177. The average molecular weight is 734 g/mol. The van der Waals surface area contributed by atoms with E-state index in [1.54, 1.807) is 0 Å². The number of hydrogen-bond acceptors (Lipinski definition) is 4. The van der Waals surface area contributed by atoms with Crippen molar-refractivity contribution in [1.29, 1.82) is 0 Å². The van der Waals surface area contributed by atoms with E-state index in [9.17, 15) is 0 Å². The third kappa shape index (κ3) is 3.98.